The Balaban J connectivity index is 1.89. The van der Waals surface area contributed by atoms with E-state index in [0.717, 1.165) is 5.56 Å². The summed E-state index contributed by atoms with van der Waals surface area (Å²) in [6, 6.07) is 13.0. The molecular formula is C20H20N4O4. The minimum atomic E-state index is -1.01. The van der Waals surface area contributed by atoms with E-state index in [0.29, 0.717) is 11.4 Å². The van der Waals surface area contributed by atoms with E-state index in [1.807, 2.05) is 12.3 Å². The number of likely N-dealkylation sites (N-methyl/N-ethyl adjacent to an activating group) is 1. The first kappa shape index (κ1) is 20.4. The molecule has 0 fully saturated rings. The van der Waals surface area contributed by atoms with Crippen molar-refractivity contribution in [1.82, 2.24) is 10.9 Å². The molecule has 28 heavy (non-hydrogen) atoms. The number of hydrazine groups is 1. The zero-order chi connectivity index (χ0) is 20.7. The van der Waals surface area contributed by atoms with Gasteiger partial charge in [0.25, 0.3) is 5.91 Å². The monoisotopic (exact) mass is 380 g/mol. The van der Waals surface area contributed by atoms with Crippen molar-refractivity contribution in [3.8, 4) is 0 Å². The van der Waals surface area contributed by atoms with Gasteiger partial charge in [0.1, 0.15) is 0 Å². The van der Waals surface area contributed by atoms with Crippen LogP contribution in [0.4, 0.5) is 11.4 Å². The van der Waals surface area contributed by atoms with Crippen molar-refractivity contribution >= 4 is 35.0 Å². The van der Waals surface area contributed by atoms with E-state index < -0.39 is 17.7 Å². The maximum atomic E-state index is 12.1. The Morgan fingerprint density at radius 2 is 1.50 bits per heavy atom. The number of amides is 4. The molecule has 2 aromatic carbocycles. The van der Waals surface area contributed by atoms with E-state index >= 15 is 0 Å². The number of benzene rings is 2. The Morgan fingerprint density at radius 3 is 2.07 bits per heavy atom. The third kappa shape index (κ3) is 5.28. The number of anilines is 2. The smallest absolute Gasteiger partial charge is 0.318 e. The predicted octanol–water partition coefficient (Wildman–Crippen LogP) is 1.54. The van der Waals surface area contributed by atoms with E-state index in [-0.39, 0.29) is 11.5 Å². The lowest BCUT2D eigenvalue weighted by molar-refractivity contribution is -0.136. The molecule has 0 bridgehead atoms. The molecule has 8 heteroatoms. The molecule has 0 aliphatic rings. The van der Waals surface area contributed by atoms with Crippen LogP contribution in [0.5, 0.6) is 0 Å². The molecule has 0 atom stereocenters. The summed E-state index contributed by atoms with van der Waals surface area (Å²) in [5.74, 6) is -2.82. The van der Waals surface area contributed by atoms with Gasteiger partial charge in [0.05, 0.1) is 0 Å². The Hall–Kier alpha value is -3.94. The topological polar surface area (TPSA) is 108 Å². The lowest BCUT2D eigenvalue weighted by Gasteiger charge is -2.15. The van der Waals surface area contributed by atoms with Crippen molar-refractivity contribution in [1.29, 1.82) is 0 Å². The molecule has 0 unspecified atom stereocenters. The average molecular weight is 380 g/mol. The van der Waals surface area contributed by atoms with E-state index in [2.05, 4.69) is 17.3 Å². The summed E-state index contributed by atoms with van der Waals surface area (Å²) < 4.78 is 0. The highest BCUT2D eigenvalue weighted by Crippen LogP contribution is 2.14. The second-order valence-electron chi connectivity index (χ2n) is 5.88. The van der Waals surface area contributed by atoms with Crippen LogP contribution >= 0.6 is 0 Å². The van der Waals surface area contributed by atoms with E-state index in [4.69, 9.17) is 0 Å². The molecule has 2 aromatic rings. The zero-order valence-corrected chi connectivity index (χ0v) is 15.5. The second-order valence-corrected chi connectivity index (χ2v) is 5.88. The Bertz CT molecular complexity index is 905. The molecule has 144 valence electrons. The maximum absolute atomic E-state index is 12.1. The van der Waals surface area contributed by atoms with Crippen LogP contribution in [0.25, 0.3) is 0 Å². The van der Waals surface area contributed by atoms with Gasteiger partial charge in [0.15, 0.2) is 0 Å². The van der Waals surface area contributed by atoms with Crippen LogP contribution in [-0.4, -0.2) is 30.7 Å². The normalized spacial score (nSPS) is 9.79. The lowest BCUT2D eigenvalue weighted by Crippen LogP contribution is -2.46. The van der Waals surface area contributed by atoms with Crippen LogP contribution in [0.15, 0.2) is 61.2 Å². The van der Waals surface area contributed by atoms with Crippen molar-refractivity contribution < 1.29 is 19.2 Å². The fourth-order valence-corrected chi connectivity index (χ4v) is 2.17. The number of hydrogen-bond donors (Lipinski definition) is 3. The number of hydrogen-bond acceptors (Lipinski definition) is 4. The van der Waals surface area contributed by atoms with Crippen LogP contribution in [0.3, 0.4) is 0 Å². The standard InChI is InChI=1S/C20H20N4O4/c1-4-17(25)24(3)16-11-7-14(8-12-16)18(26)22-23-20(28)19(27)21-15-9-5-13(2)6-10-15/h4-12H,1H2,2-3H3,(H,21,27)(H,22,26)(H,23,28). The quantitative estimate of drug-likeness (QED) is 0.425. The van der Waals surface area contributed by atoms with Crippen molar-refractivity contribution in [3.05, 3.63) is 72.3 Å². The zero-order valence-electron chi connectivity index (χ0n) is 15.5. The lowest BCUT2D eigenvalue weighted by atomic mass is 10.2. The molecule has 0 radical (unpaired) electrons. The average Bonchev–Trinajstić information content (AvgIpc) is 2.72. The van der Waals surface area contributed by atoms with Gasteiger partial charge in [-0.1, -0.05) is 24.3 Å². The number of rotatable bonds is 4. The van der Waals surface area contributed by atoms with Gasteiger partial charge in [-0.2, -0.15) is 0 Å². The predicted molar refractivity (Wildman–Crippen MR) is 105 cm³/mol. The first-order valence-electron chi connectivity index (χ1n) is 8.30. The first-order chi connectivity index (χ1) is 13.3. The summed E-state index contributed by atoms with van der Waals surface area (Å²) in [5.41, 5.74) is 6.50. The van der Waals surface area contributed by atoms with E-state index in [1.54, 1.807) is 43.4 Å². The van der Waals surface area contributed by atoms with Gasteiger partial charge in [-0.3, -0.25) is 30.0 Å². The van der Waals surface area contributed by atoms with Crippen molar-refractivity contribution in [2.75, 3.05) is 17.3 Å². The van der Waals surface area contributed by atoms with E-state index in [9.17, 15) is 19.2 Å². The number of aryl methyl sites for hydroxylation is 1. The van der Waals surface area contributed by atoms with Gasteiger partial charge in [-0.25, -0.2) is 0 Å². The minimum absolute atomic E-state index is 0.238. The first-order valence-corrected chi connectivity index (χ1v) is 8.30. The fraction of sp³-hybridized carbons (Fsp3) is 0.100. The maximum Gasteiger partial charge on any atom is 0.328 e. The molecule has 3 N–H and O–H groups in total. The van der Waals surface area contributed by atoms with Crippen LogP contribution in [0, 0.1) is 6.92 Å². The van der Waals surface area contributed by atoms with Gasteiger partial charge < -0.3 is 10.2 Å². The highest BCUT2D eigenvalue weighted by Gasteiger charge is 2.15. The molecule has 2 rings (SSSR count). The summed E-state index contributed by atoms with van der Waals surface area (Å²) in [6.45, 7) is 5.31. The Morgan fingerprint density at radius 1 is 0.893 bits per heavy atom. The van der Waals surface area contributed by atoms with Gasteiger partial charge in [0, 0.05) is 24.0 Å². The molecular weight excluding hydrogens is 360 g/mol. The molecule has 0 aliphatic carbocycles. The molecule has 0 spiro atoms. The summed E-state index contributed by atoms with van der Waals surface area (Å²) in [5, 5.41) is 2.42. The largest absolute Gasteiger partial charge is 0.328 e. The van der Waals surface area contributed by atoms with Crippen LogP contribution < -0.4 is 21.1 Å². The van der Waals surface area contributed by atoms with Gasteiger partial charge in [0.2, 0.25) is 5.91 Å². The number of carbonyl (C=O) groups excluding carboxylic acids is 4. The SMILES string of the molecule is C=CC(=O)N(C)c1ccc(C(=O)NNC(=O)C(=O)Nc2ccc(C)cc2)cc1. The van der Waals surface area contributed by atoms with Gasteiger partial charge in [-0.15, -0.1) is 0 Å². The molecule has 8 nitrogen and oxygen atoms in total. The summed E-state index contributed by atoms with van der Waals surface area (Å²) in [4.78, 5) is 48.7. The molecule has 0 aliphatic heterocycles. The van der Waals surface area contributed by atoms with Gasteiger partial charge >= 0.3 is 11.8 Å². The van der Waals surface area contributed by atoms with Crippen molar-refractivity contribution in [2.24, 2.45) is 0 Å². The number of carbonyl (C=O) groups is 4. The van der Waals surface area contributed by atoms with Crippen LogP contribution in [0.1, 0.15) is 15.9 Å². The highest BCUT2D eigenvalue weighted by molar-refractivity contribution is 6.39. The summed E-state index contributed by atoms with van der Waals surface area (Å²) in [7, 11) is 1.58. The fourth-order valence-electron chi connectivity index (χ4n) is 2.17. The number of nitrogens with one attached hydrogen (secondary N) is 3. The third-order valence-electron chi connectivity index (χ3n) is 3.83. The van der Waals surface area contributed by atoms with Crippen molar-refractivity contribution in [2.45, 2.75) is 6.92 Å². The molecule has 0 saturated carbocycles. The van der Waals surface area contributed by atoms with Crippen LogP contribution in [-0.2, 0) is 14.4 Å². The Kier molecular flexibility index (Phi) is 6.64. The summed E-state index contributed by atoms with van der Waals surface area (Å²) in [6.07, 6.45) is 1.18. The van der Waals surface area contributed by atoms with Crippen LogP contribution in [0.2, 0.25) is 0 Å². The minimum Gasteiger partial charge on any atom is -0.318 e. The van der Waals surface area contributed by atoms with E-state index in [1.165, 1.54) is 23.1 Å². The Labute approximate surface area is 162 Å². The molecule has 4 amide bonds. The molecule has 0 aromatic heterocycles. The third-order valence-corrected chi connectivity index (χ3v) is 3.83. The van der Waals surface area contributed by atoms with Gasteiger partial charge in [-0.05, 0) is 49.4 Å². The highest BCUT2D eigenvalue weighted by atomic mass is 16.2. The number of nitrogens with zero attached hydrogens (tertiary/aromatic N) is 1. The molecule has 0 heterocycles. The summed E-state index contributed by atoms with van der Waals surface area (Å²) >= 11 is 0. The second kappa shape index (κ2) is 9.13. The van der Waals surface area contributed by atoms with Crippen molar-refractivity contribution in [3.63, 3.8) is 0 Å². The molecule has 0 saturated heterocycles.